The van der Waals surface area contributed by atoms with E-state index in [0.717, 1.165) is 13.0 Å². The maximum Gasteiger partial charge on any atom is 0.273 e. The van der Waals surface area contributed by atoms with Gasteiger partial charge >= 0.3 is 0 Å². The lowest BCUT2D eigenvalue weighted by atomic mass is 10.2. The first kappa shape index (κ1) is 10.2. The Kier molecular flexibility index (Phi) is 2.77. The summed E-state index contributed by atoms with van der Waals surface area (Å²) < 4.78 is 1.52. The summed E-state index contributed by atoms with van der Waals surface area (Å²) in [6, 6.07) is 0. The van der Waals surface area contributed by atoms with Gasteiger partial charge in [-0.15, -0.1) is 0 Å². The van der Waals surface area contributed by atoms with Gasteiger partial charge in [-0.3, -0.25) is 9.48 Å². The summed E-state index contributed by atoms with van der Waals surface area (Å²) in [6.45, 7) is 1.40. The number of carbonyl (C=O) groups is 1. The maximum absolute atomic E-state index is 12.0. The second kappa shape index (κ2) is 4.06. The number of aryl methyl sites for hydroxylation is 1. The van der Waals surface area contributed by atoms with Gasteiger partial charge in [-0.05, 0) is 6.42 Å². The van der Waals surface area contributed by atoms with Crippen LogP contribution in [0.1, 0.15) is 16.9 Å². The quantitative estimate of drug-likeness (QED) is 0.679. The molecule has 2 heterocycles. The lowest BCUT2D eigenvalue weighted by Crippen LogP contribution is -2.35. The molecule has 0 radical (unpaired) electrons. The highest BCUT2D eigenvalue weighted by atomic mass is 35.5. The monoisotopic (exact) mass is 225 g/mol. The van der Waals surface area contributed by atoms with Crippen LogP contribution in [0.2, 0.25) is 5.02 Å². The molecule has 1 aromatic heterocycles. The summed E-state index contributed by atoms with van der Waals surface area (Å²) in [4.78, 5) is 13.8. The van der Waals surface area contributed by atoms with Gasteiger partial charge in [0.1, 0.15) is 5.69 Å². The van der Waals surface area contributed by atoms with E-state index in [0.29, 0.717) is 17.3 Å². The Morgan fingerprint density at radius 2 is 2.33 bits per heavy atom. The smallest absolute Gasteiger partial charge is 0.273 e. The summed E-state index contributed by atoms with van der Waals surface area (Å²) in [5.74, 6) is -0.0515. The highest BCUT2D eigenvalue weighted by Crippen LogP contribution is 2.17. The Morgan fingerprint density at radius 3 is 2.87 bits per heavy atom. The molecular weight excluding hydrogens is 214 g/mol. The first-order valence-corrected chi connectivity index (χ1v) is 5.19. The van der Waals surface area contributed by atoms with Gasteiger partial charge < -0.3 is 4.90 Å². The molecule has 0 saturated carbocycles. The minimum absolute atomic E-state index is 0.0515. The van der Waals surface area contributed by atoms with Crippen LogP contribution < -0.4 is 0 Å². The second-order valence-corrected chi connectivity index (χ2v) is 3.88. The van der Waals surface area contributed by atoms with Gasteiger partial charge in [0.05, 0.1) is 11.2 Å². The van der Waals surface area contributed by atoms with Crippen LogP contribution in [0.25, 0.3) is 0 Å². The molecule has 15 heavy (non-hydrogen) atoms. The normalized spacial score (nSPS) is 15.7. The Balaban J connectivity index is 2.24. The number of rotatable bonds is 1. The van der Waals surface area contributed by atoms with Crippen molar-refractivity contribution >= 4 is 17.5 Å². The van der Waals surface area contributed by atoms with E-state index in [1.807, 2.05) is 6.08 Å². The molecule has 0 bridgehead atoms. The van der Waals surface area contributed by atoms with Crippen LogP contribution in [0.3, 0.4) is 0 Å². The fraction of sp³-hybridized carbons (Fsp3) is 0.400. The Morgan fingerprint density at radius 1 is 1.53 bits per heavy atom. The van der Waals surface area contributed by atoms with E-state index in [2.05, 4.69) is 11.2 Å². The third-order valence-electron chi connectivity index (χ3n) is 2.44. The van der Waals surface area contributed by atoms with Crippen molar-refractivity contribution in [3.05, 3.63) is 29.1 Å². The fourth-order valence-electron chi connectivity index (χ4n) is 1.63. The minimum Gasteiger partial charge on any atom is -0.333 e. The van der Waals surface area contributed by atoms with E-state index in [9.17, 15) is 4.79 Å². The van der Waals surface area contributed by atoms with Gasteiger partial charge in [0.2, 0.25) is 0 Å². The first-order valence-electron chi connectivity index (χ1n) is 4.82. The largest absolute Gasteiger partial charge is 0.333 e. The van der Waals surface area contributed by atoms with Crippen LogP contribution in [0.5, 0.6) is 0 Å². The summed E-state index contributed by atoms with van der Waals surface area (Å²) in [7, 11) is 1.72. The second-order valence-electron chi connectivity index (χ2n) is 3.48. The predicted molar refractivity (Wildman–Crippen MR) is 57.9 cm³/mol. The molecular formula is C10H12ClN3O. The number of hydrogen-bond acceptors (Lipinski definition) is 2. The van der Waals surface area contributed by atoms with Gasteiger partial charge in [0.15, 0.2) is 0 Å². The average Bonchev–Trinajstić information content (AvgIpc) is 2.59. The van der Waals surface area contributed by atoms with Crippen LogP contribution >= 0.6 is 11.6 Å². The van der Waals surface area contributed by atoms with E-state index >= 15 is 0 Å². The average molecular weight is 226 g/mol. The number of hydrogen-bond donors (Lipinski definition) is 0. The Labute approximate surface area is 93.1 Å². The van der Waals surface area contributed by atoms with Crippen LogP contribution in [0.4, 0.5) is 0 Å². The molecule has 0 atom stereocenters. The first-order chi connectivity index (χ1) is 7.20. The van der Waals surface area contributed by atoms with Crippen molar-refractivity contribution in [1.82, 2.24) is 14.7 Å². The molecule has 1 amide bonds. The standard InChI is InChI=1S/C10H12ClN3O/c1-13-9(8(11)7-12-13)10(15)14-5-3-2-4-6-14/h2-3,7H,4-6H2,1H3. The number of carbonyl (C=O) groups excluding carboxylic acids is 1. The molecule has 0 fully saturated rings. The van der Waals surface area contributed by atoms with Crippen molar-refractivity contribution in [3.63, 3.8) is 0 Å². The van der Waals surface area contributed by atoms with E-state index in [4.69, 9.17) is 11.6 Å². The fourth-order valence-corrected chi connectivity index (χ4v) is 1.87. The predicted octanol–water partition coefficient (Wildman–Crippen LogP) is 1.48. The van der Waals surface area contributed by atoms with Crippen molar-refractivity contribution in [2.75, 3.05) is 13.1 Å². The SMILES string of the molecule is Cn1ncc(Cl)c1C(=O)N1CC=CCC1. The molecule has 0 unspecified atom stereocenters. The number of aromatic nitrogens is 2. The molecule has 0 spiro atoms. The van der Waals surface area contributed by atoms with E-state index in [1.54, 1.807) is 11.9 Å². The Bertz CT molecular complexity index is 391. The molecule has 0 aromatic carbocycles. The summed E-state index contributed by atoms with van der Waals surface area (Å²) >= 11 is 5.91. The molecule has 4 nitrogen and oxygen atoms in total. The molecule has 2 rings (SSSR count). The summed E-state index contributed by atoms with van der Waals surface area (Å²) in [5.41, 5.74) is 0.465. The van der Waals surface area contributed by atoms with Crippen molar-refractivity contribution in [2.45, 2.75) is 6.42 Å². The zero-order valence-corrected chi connectivity index (χ0v) is 9.24. The molecule has 5 heteroatoms. The van der Waals surface area contributed by atoms with E-state index < -0.39 is 0 Å². The highest BCUT2D eigenvalue weighted by molar-refractivity contribution is 6.33. The topological polar surface area (TPSA) is 38.1 Å². The lowest BCUT2D eigenvalue weighted by molar-refractivity contribution is 0.0760. The van der Waals surface area contributed by atoms with Gasteiger partial charge in [-0.1, -0.05) is 23.8 Å². The number of halogens is 1. The van der Waals surface area contributed by atoms with Crippen molar-refractivity contribution in [1.29, 1.82) is 0 Å². The molecule has 1 aromatic rings. The summed E-state index contributed by atoms with van der Waals surface area (Å²) in [5, 5.41) is 4.37. The molecule has 80 valence electrons. The number of nitrogens with zero attached hydrogens (tertiary/aromatic N) is 3. The van der Waals surface area contributed by atoms with E-state index in [-0.39, 0.29) is 5.91 Å². The minimum atomic E-state index is -0.0515. The maximum atomic E-state index is 12.0. The van der Waals surface area contributed by atoms with E-state index in [1.165, 1.54) is 10.9 Å². The van der Waals surface area contributed by atoms with Gasteiger partial charge in [-0.2, -0.15) is 5.10 Å². The van der Waals surface area contributed by atoms with Gasteiger partial charge in [0, 0.05) is 20.1 Å². The van der Waals surface area contributed by atoms with Crippen LogP contribution in [0, 0.1) is 0 Å². The molecule has 1 aliphatic heterocycles. The lowest BCUT2D eigenvalue weighted by Gasteiger charge is -2.23. The molecule has 1 aliphatic rings. The molecule has 0 aliphatic carbocycles. The zero-order valence-electron chi connectivity index (χ0n) is 8.48. The summed E-state index contributed by atoms with van der Waals surface area (Å²) in [6.07, 6.45) is 6.47. The highest BCUT2D eigenvalue weighted by Gasteiger charge is 2.21. The van der Waals surface area contributed by atoms with Crippen LogP contribution in [-0.2, 0) is 7.05 Å². The van der Waals surface area contributed by atoms with Gasteiger partial charge in [-0.25, -0.2) is 0 Å². The third-order valence-corrected chi connectivity index (χ3v) is 2.72. The number of amides is 1. The Hall–Kier alpha value is -1.29. The van der Waals surface area contributed by atoms with Crippen molar-refractivity contribution in [3.8, 4) is 0 Å². The van der Waals surface area contributed by atoms with Crippen molar-refractivity contribution < 1.29 is 4.79 Å². The zero-order chi connectivity index (χ0) is 10.8. The van der Waals surface area contributed by atoms with Crippen molar-refractivity contribution in [2.24, 2.45) is 7.05 Å². The van der Waals surface area contributed by atoms with Crippen LogP contribution in [0.15, 0.2) is 18.3 Å². The third kappa shape index (κ3) is 1.90. The molecule has 0 saturated heterocycles. The van der Waals surface area contributed by atoms with Crippen LogP contribution in [-0.4, -0.2) is 33.7 Å². The molecule has 0 N–H and O–H groups in total. The van der Waals surface area contributed by atoms with Gasteiger partial charge in [0.25, 0.3) is 5.91 Å².